The first kappa shape index (κ1) is 14.4. The Kier molecular flexibility index (Phi) is 3.46. The molecule has 2 fully saturated rings. The van der Waals surface area contributed by atoms with Gasteiger partial charge < -0.3 is 15.3 Å². The summed E-state index contributed by atoms with van der Waals surface area (Å²) in [6, 6.07) is -4.08. The van der Waals surface area contributed by atoms with Gasteiger partial charge in [-0.3, -0.25) is 0 Å². The molecule has 1 spiro atoms. The van der Waals surface area contributed by atoms with Gasteiger partial charge >= 0.3 is 24.1 Å². The van der Waals surface area contributed by atoms with Crippen molar-refractivity contribution in [2.75, 3.05) is 32.8 Å². The molecule has 20 heavy (non-hydrogen) atoms. The monoisotopic (exact) mass is 288 g/mol. The van der Waals surface area contributed by atoms with Crippen molar-refractivity contribution in [1.29, 1.82) is 0 Å². The maximum Gasteiger partial charge on any atom is 0.437 e. The van der Waals surface area contributed by atoms with E-state index in [1.807, 2.05) is 0 Å². The first-order chi connectivity index (χ1) is 9.41. The highest BCUT2D eigenvalue weighted by Gasteiger charge is 2.76. The highest BCUT2D eigenvalue weighted by Crippen LogP contribution is 2.38. The third-order valence-corrected chi connectivity index (χ3v) is 3.40. The summed E-state index contributed by atoms with van der Waals surface area (Å²) in [6.45, 7) is -1.91. The Morgan fingerprint density at radius 3 is 1.85 bits per heavy atom. The van der Waals surface area contributed by atoms with Gasteiger partial charge in [0.05, 0.1) is 26.3 Å². The maximum absolute atomic E-state index is 12.2. The van der Waals surface area contributed by atoms with Gasteiger partial charge in [0.2, 0.25) is 0 Å². The number of nitrogens with zero attached hydrogens (tertiary/aromatic N) is 3. The summed E-state index contributed by atoms with van der Waals surface area (Å²) < 4.78 is -0.999. The average Bonchev–Trinajstić information content (AvgIpc) is 3.15. The molecule has 0 saturated carbocycles. The van der Waals surface area contributed by atoms with Crippen molar-refractivity contribution in [1.82, 2.24) is 9.80 Å². The molecule has 2 aliphatic heterocycles. The third kappa shape index (κ3) is 1.77. The summed E-state index contributed by atoms with van der Waals surface area (Å²) in [5, 5.41) is 26.7. The van der Waals surface area contributed by atoms with Crippen molar-refractivity contribution in [2.45, 2.75) is 6.04 Å². The molecular weight excluding hydrogens is 274 g/mol. The van der Waals surface area contributed by atoms with E-state index in [2.05, 4.69) is 0 Å². The second kappa shape index (κ2) is 4.81. The van der Waals surface area contributed by atoms with Crippen molar-refractivity contribution < 1.29 is 39.0 Å². The molecule has 0 aromatic carbocycles. The molecule has 3 N–H and O–H groups in total. The van der Waals surface area contributed by atoms with Crippen LogP contribution in [-0.2, 0) is 4.79 Å². The number of aliphatic hydroxyl groups is 2. The van der Waals surface area contributed by atoms with Crippen molar-refractivity contribution in [2.24, 2.45) is 0 Å². The summed E-state index contributed by atoms with van der Waals surface area (Å²) >= 11 is 0. The molecule has 0 bridgehead atoms. The van der Waals surface area contributed by atoms with Gasteiger partial charge in [-0.2, -0.15) is 0 Å². The van der Waals surface area contributed by atoms with Crippen LogP contribution in [0.1, 0.15) is 0 Å². The topological polar surface area (TPSA) is 135 Å². The van der Waals surface area contributed by atoms with E-state index in [9.17, 15) is 19.2 Å². The minimum atomic E-state index is -1.31. The van der Waals surface area contributed by atoms with E-state index in [0.717, 1.165) is 0 Å². The van der Waals surface area contributed by atoms with Crippen LogP contribution in [0.3, 0.4) is 0 Å². The number of amides is 6. The second-order valence-electron chi connectivity index (χ2n) is 4.50. The van der Waals surface area contributed by atoms with Crippen LogP contribution in [0.15, 0.2) is 0 Å². The molecule has 10 heteroatoms. The van der Waals surface area contributed by atoms with Gasteiger partial charge in [0.15, 0.2) is 6.54 Å². The van der Waals surface area contributed by atoms with E-state index in [1.165, 1.54) is 0 Å². The molecule has 6 amide bonds. The van der Waals surface area contributed by atoms with Crippen molar-refractivity contribution >= 4 is 24.1 Å². The van der Waals surface area contributed by atoms with Crippen LogP contribution in [0.5, 0.6) is 0 Å². The van der Waals surface area contributed by atoms with Gasteiger partial charge in [0, 0.05) is 0 Å². The van der Waals surface area contributed by atoms with Crippen molar-refractivity contribution in [3.05, 3.63) is 0 Å². The zero-order valence-corrected chi connectivity index (χ0v) is 10.4. The van der Waals surface area contributed by atoms with Gasteiger partial charge in [-0.25, -0.2) is 29.0 Å². The van der Waals surface area contributed by atoms with Crippen LogP contribution >= 0.6 is 0 Å². The normalized spacial score (nSPS) is 24.5. The number of carboxylic acids is 1. The molecule has 110 valence electrons. The summed E-state index contributed by atoms with van der Waals surface area (Å²) in [6.07, 6.45) is 0. The fraction of sp³-hybridized carbons (Fsp3) is 0.600. The minimum absolute atomic E-state index is 0.232. The van der Waals surface area contributed by atoms with Crippen LogP contribution < -0.4 is 0 Å². The van der Waals surface area contributed by atoms with E-state index in [1.54, 1.807) is 0 Å². The number of rotatable bonds is 5. The molecular formula is C10H14N3O7+. The zero-order chi connectivity index (χ0) is 15.1. The van der Waals surface area contributed by atoms with Gasteiger partial charge in [0.25, 0.3) is 6.04 Å². The average molecular weight is 288 g/mol. The lowest BCUT2D eigenvalue weighted by Crippen LogP contribution is -2.67. The number of aliphatic hydroxyl groups excluding tert-OH is 2. The number of hydrogen-bond donors (Lipinski definition) is 3. The predicted octanol–water partition coefficient (Wildman–Crippen LogP) is -1.77. The van der Waals surface area contributed by atoms with E-state index in [4.69, 9.17) is 15.3 Å². The number of carbonyl (C=O) groups excluding carboxylic acids is 3. The molecule has 0 aromatic rings. The number of urea groups is 3. The Morgan fingerprint density at radius 2 is 1.55 bits per heavy atom. The highest BCUT2D eigenvalue weighted by molar-refractivity contribution is 6.08. The van der Waals surface area contributed by atoms with E-state index in [-0.39, 0.29) is 19.6 Å². The predicted molar refractivity (Wildman–Crippen MR) is 60.3 cm³/mol. The van der Waals surface area contributed by atoms with Gasteiger partial charge in [-0.05, 0) is 0 Å². The first-order valence-electron chi connectivity index (χ1n) is 5.92. The molecule has 0 radical (unpaired) electrons. The number of imide groups is 3. The molecule has 2 rings (SSSR count). The van der Waals surface area contributed by atoms with Crippen LogP contribution in [0.25, 0.3) is 0 Å². The number of quaternary nitrogens is 1. The third-order valence-electron chi connectivity index (χ3n) is 3.40. The fourth-order valence-electron chi connectivity index (χ4n) is 2.32. The number of hydrogen-bond acceptors (Lipinski definition) is 6. The van der Waals surface area contributed by atoms with Crippen molar-refractivity contribution in [3.8, 4) is 0 Å². The summed E-state index contributed by atoms with van der Waals surface area (Å²) in [4.78, 5) is 48.6. The van der Waals surface area contributed by atoms with E-state index in [0.29, 0.717) is 9.80 Å². The largest absolute Gasteiger partial charge is 0.477 e. The van der Waals surface area contributed by atoms with Gasteiger partial charge in [0.1, 0.15) is 0 Å². The van der Waals surface area contributed by atoms with Crippen molar-refractivity contribution in [3.63, 3.8) is 0 Å². The molecule has 0 aliphatic carbocycles. The molecule has 2 saturated heterocycles. The quantitative estimate of drug-likeness (QED) is 0.402. The number of β-amino-alcohol motifs (C(OH)–C–C–N with tert-alkyl or cyclic N) is 2. The Labute approximate surface area is 113 Å². The summed E-state index contributed by atoms with van der Waals surface area (Å²) in [5.74, 6) is -1.31. The van der Waals surface area contributed by atoms with Crippen LogP contribution in [-0.4, -0.2) is 92.6 Å². The fourth-order valence-corrected chi connectivity index (χ4v) is 2.32. The smallest absolute Gasteiger partial charge is 0.437 e. The van der Waals surface area contributed by atoms with Crippen LogP contribution in [0, 0.1) is 0 Å². The Bertz CT molecular complexity index is 463. The highest BCUT2D eigenvalue weighted by atomic mass is 16.4. The summed E-state index contributed by atoms with van der Waals surface area (Å²) in [5.41, 5.74) is 0. The number of carbonyl (C=O) groups is 4. The van der Waals surface area contributed by atoms with E-state index >= 15 is 0 Å². The molecule has 1 unspecified atom stereocenters. The Morgan fingerprint density at radius 1 is 1.10 bits per heavy atom. The number of aliphatic carboxylic acids is 1. The SMILES string of the molecule is O=C(O)C1C[N+]12C(=O)N(CCO)C(=O)N(CCO)C2=O. The number of carboxylic acid groups (broad SMARTS) is 1. The Balaban J connectivity index is 2.38. The van der Waals surface area contributed by atoms with Gasteiger partial charge in [-0.1, -0.05) is 0 Å². The molecule has 2 aliphatic rings. The molecule has 0 aromatic heterocycles. The lowest BCUT2D eigenvalue weighted by Gasteiger charge is -2.34. The lowest BCUT2D eigenvalue weighted by atomic mass is 10.4. The first-order valence-corrected chi connectivity index (χ1v) is 5.92. The van der Waals surface area contributed by atoms with Crippen LogP contribution in [0.4, 0.5) is 14.4 Å². The van der Waals surface area contributed by atoms with Gasteiger partial charge in [-0.15, -0.1) is 4.48 Å². The minimum Gasteiger partial charge on any atom is -0.477 e. The molecule has 2 heterocycles. The zero-order valence-electron chi connectivity index (χ0n) is 10.4. The summed E-state index contributed by atoms with van der Waals surface area (Å²) in [7, 11) is 0. The lowest BCUT2D eigenvalue weighted by molar-refractivity contribution is -0.643. The van der Waals surface area contributed by atoms with Crippen LogP contribution in [0.2, 0.25) is 0 Å². The molecule has 1 atom stereocenters. The second-order valence-corrected chi connectivity index (χ2v) is 4.50. The Hall–Kier alpha value is -2.04. The maximum atomic E-state index is 12.2. The standard InChI is InChI=1S/C10H13N3O7/c14-3-1-11-8(18)12(2-4-15)10(20)13(9(11)19)5-6(13)7(16)17/h6,14-15H,1-5H2/p+1. The molecule has 10 nitrogen and oxygen atoms in total. The van der Waals surface area contributed by atoms with E-state index < -0.39 is 47.8 Å².